The minimum Gasteiger partial charge on any atom is -0.444 e. The van der Waals surface area contributed by atoms with E-state index in [1.807, 2.05) is 20.8 Å². The lowest BCUT2D eigenvalue weighted by Gasteiger charge is -2.34. The van der Waals surface area contributed by atoms with E-state index in [1.54, 1.807) is 11.9 Å². The average Bonchev–Trinajstić information content (AvgIpc) is 2.26. The van der Waals surface area contributed by atoms with Gasteiger partial charge in [0.15, 0.2) is 0 Å². The van der Waals surface area contributed by atoms with E-state index in [4.69, 9.17) is 4.74 Å². The Hall–Kier alpha value is -1.06. The van der Waals surface area contributed by atoms with Crippen LogP contribution >= 0.6 is 0 Å². The molecule has 1 amide bonds. The number of carbonyl (C=O) groups excluding carboxylic acids is 2. The molecule has 1 aliphatic carbocycles. The minimum absolute atomic E-state index is 0.0960. The Kier molecular flexibility index (Phi) is 4.54. The Bertz CT molecular complexity index is 283. The van der Waals surface area contributed by atoms with Crippen LogP contribution in [0.1, 0.15) is 46.5 Å². The molecular formula is C13H23NO3. The first-order chi connectivity index (χ1) is 7.83. The Balaban J connectivity index is 2.54. The van der Waals surface area contributed by atoms with Crippen LogP contribution in [0.15, 0.2) is 0 Å². The summed E-state index contributed by atoms with van der Waals surface area (Å²) < 4.78 is 5.32. The standard InChI is InChI=1S/C13H23NO3/c1-13(2,3)17-12(16)14(4)11-7-5-6-10(8-11)9-15/h9-11H,5-8H2,1-4H3/t10-,11+/m1/s1. The van der Waals surface area contributed by atoms with Gasteiger partial charge in [-0.15, -0.1) is 0 Å². The third kappa shape index (κ3) is 4.36. The van der Waals surface area contributed by atoms with Gasteiger partial charge >= 0.3 is 6.09 Å². The smallest absolute Gasteiger partial charge is 0.410 e. The first-order valence-electron chi connectivity index (χ1n) is 6.24. The zero-order valence-corrected chi connectivity index (χ0v) is 11.2. The fourth-order valence-corrected chi connectivity index (χ4v) is 2.16. The second-order valence-electron chi connectivity index (χ2n) is 5.81. The summed E-state index contributed by atoms with van der Waals surface area (Å²) in [5.74, 6) is 0.0960. The maximum absolute atomic E-state index is 11.9. The summed E-state index contributed by atoms with van der Waals surface area (Å²) in [6.45, 7) is 5.56. The molecule has 0 bridgehead atoms. The van der Waals surface area contributed by atoms with Gasteiger partial charge in [0, 0.05) is 19.0 Å². The van der Waals surface area contributed by atoms with Crippen molar-refractivity contribution >= 4 is 12.4 Å². The number of ether oxygens (including phenoxy) is 1. The van der Waals surface area contributed by atoms with Crippen LogP contribution in [-0.4, -0.2) is 36.0 Å². The van der Waals surface area contributed by atoms with Gasteiger partial charge in [-0.05, 0) is 40.0 Å². The molecule has 4 heteroatoms. The fourth-order valence-electron chi connectivity index (χ4n) is 2.16. The first-order valence-corrected chi connectivity index (χ1v) is 6.24. The lowest BCUT2D eigenvalue weighted by Crippen LogP contribution is -2.43. The quantitative estimate of drug-likeness (QED) is 0.698. The minimum atomic E-state index is -0.468. The molecule has 0 aliphatic heterocycles. The van der Waals surface area contributed by atoms with Crippen molar-refractivity contribution in [3.8, 4) is 0 Å². The molecule has 17 heavy (non-hydrogen) atoms. The molecule has 0 aromatic heterocycles. The third-order valence-electron chi connectivity index (χ3n) is 3.11. The van der Waals surface area contributed by atoms with E-state index >= 15 is 0 Å². The van der Waals surface area contributed by atoms with Gasteiger partial charge in [-0.1, -0.05) is 6.42 Å². The van der Waals surface area contributed by atoms with Gasteiger partial charge < -0.3 is 14.4 Å². The van der Waals surface area contributed by atoms with Crippen LogP contribution < -0.4 is 0 Å². The second-order valence-corrected chi connectivity index (χ2v) is 5.81. The van der Waals surface area contributed by atoms with Crippen molar-refractivity contribution in [3.05, 3.63) is 0 Å². The van der Waals surface area contributed by atoms with Crippen molar-refractivity contribution in [1.29, 1.82) is 0 Å². The average molecular weight is 241 g/mol. The van der Waals surface area contributed by atoms with E-state index in [1.165, 1.54) is 0 Å². The largest absolute Gasteiger partial charge is 0.444 e. The topological polar surface area (TPSA) is 46.6 Å². The van der Waals surface area contributed by atoms with Crippen molar-refractivity contribution in [2.75, 3.05) is 7.05 Å². The molecular weight excluding hydrogens is 218 g/mol. The summed E-state index contributed by atoms with van der Waals surface area (Å²) in [6.07, 6.45) is 4.38. The van der Waals surface area contributed by atoms with E-state index < -0.39 is 5.60 Å². The van der Waals surface area contributed by atoms with E-state index in [2.05, 4.69) is 0 Å². The van der Waals surface area contributed by atoms with Crippen molar-refractivity contribution in [3.63, 3.8) is 0 Å². The summed E-state index contributed by atoms with van der Waals surface area (Å²) in [5.41, 5.74) is -0.468. The number of carbonyl (C=O) groups is 2. The molecule has 0 spiro atoms. The molecule has 0 saturated heterocycles. The van der Waals surface area contributed by atoms with Gasteiger partial charge in [0.2, 0.25) is 0 Å². The summed E-state index contributed by atoms with van der Waals surface area (Å²) in [7, 11) is 1.76. The van der Waals surface area contributed by atoms with Gasteiger partial charge in [-0.25, -0.2) is 4.79 Å². The Morgan fingerprint density at radius 3 is 2.53 bits per heavy atom. The maximum atomic E-state index is 11.9. The summed E-state index contributed by atoms with van der Waals surface area (Å²) in [4.78, 5) is 24.3. The van der Waals surface area contributed by atoms with Crippen LogP contribution in [0.25, 0.3) is 0 Å². The van der Waals surface area contributed by atoms with Crippen LogP contribution in [0.2, 0.25) is 0 Å². The molecule has 0 unspecified atom stereocenters. The number of rotatable bonds is 2. The van der Waals surface area contributed by atoms with Crippen LogP contribution in [0.4, 0.5) is 4.79 Å². The second kappa shape index (κ2) is 5.52. The van der Waals surface area contributed by atoms with E-state index in [0.717, 1.165) is 32.0 Å². The van der Waals surface area contributed by atoms with Crippen molar-refractivity contribution in [1.82, 2.24) is 4.90 Å². The lowest BCUT2D eigenvalue weighted by molar-refractivity contribution is -0.112. The number of nitrogens with zero attached hydrogens (tertiary/aromatic N) is 1. The van der Waals surface area contributed by atoms with Crippen molar-refractivity contribution in [2.24, 2.45) is 5.92 Å². The van der Waals surface area contributed by atoms with Crippen LogP contribution in [0.3, 0.4) is 0 Å². The SMILES string of the molecule is CN(C(=O)OC(C)(C)C)[C@H]1CCC[C@@H](C=O)C1. The molecule has 1 rings (SSSR count). The highest BCUT2D eigenvalue weighted by atomic mass is 16.6. The predicted molar refractivity (Wildman–Crippen MR) is 65.8 cm³/mol. The summed E-state index contributed by atoms with van der Waals surface area (Å²) in [6, 6.07) is 0.133. The van der Waals surface area contributed by atoms with E-state index in [0.29, 0.717) is 0 Å². The van der Waals surface area contributed by atoms with Gasteiger partial charge in [0.1, 0.15) is 11.9 Å². The Labute approximate surface area is 103 Å². The number of hydrogen-bond acceptors (Lipinski definition) is 3. The van der Waals surface area contributed by atoms with Crippen molar-refractivity contribution in [2.45, 2.75) is 58.1 Å². The highest BCUT2D eigenvalue weighted by molar-refractivity contribution is 5.68. The molecule has 0 aromatic rings. The molecule has 0 heterocycles. The zero-order valence-electron chi connectivity index (χ0n) is 11.2. The normalized spacial score (nSPS) is 25.2. The number of aldehydes is 1. The van der Waals surface area contributed by atoms with Crippen molar-refractivity contribution < 1.29 is 14.3 Å². The summed E-state index contributed by atoms with van der Waals surface area (Å²) in [5, 5.41) is 0. The summed E-state index contributed by atoms with van der Waals surface area (Å²) >= 11 is 0. The van der Waals surface area contributed by atoms with Gasteiger partial charge in [0.25, 0.3) is 0 Å². The number of amides is 1. The van der Waals surface area contributed by atoms with E-state index in [9.17, 15) is 9.59 Å². The first kappa shape index (κ1) is 14.0. The van der Waals surface area contributed by atoms with Gasteiger partial charge in [-0.2, -0.15) is 0 Å². The van der Waals surface area contributed by atoms with Crippen LogP contribution in [0.5, 0.6) is 0 Å². The Morgan fingerprint density at radius 1 is 1.35 bits per heavy atom. The fraction of sp³-hybridized carbons (Fsp3) is 0.846. The molecule has 2 atom stereocenters. The number of hydrogen-bond donors (Lipinski definition) is 0. The Morgan fingerprint density at radius 2 is 2.00 bits per heavy atom. The van der Waals surface area contributed by atoms with Gasteiger partial charge in [0.05, 0.1) is 0 Å². The van der Waals surface area contributed by atoms with Crippen LogP contribution in [0, 0.1) is 5.92 Å². The highest BCUT2D eigenvalue weighted by Gasteiger charge is 2.29. The molecule has 0 radical (unpaired) electrons. The molecule has 1 fully saturated rings. The molecule has 0 N–H and O–H groups in total. The van der Waals surface area contributed by atoms with Gasteiger partial charge in [-0.3, -0.25) is 0 Å². The highest BCUT2D eigenvalue weighted by Crippen LogP contribution is 2.26. The predicted octanol–water partition coefficient (Wildman–Crippen LogP) is 2.61. The molecule has 1 aliphatic rings. The molecule has 1 saturated carbocycles. The molecule has 0 aromatic carbocycles. The molecule has 4 nitrogen and oxygen atoms in total. The van der Waals surface area contributed by atoms with Crippen LogP contribution in [-0.2, 0) is 9.53 Å². The molecule has 98 valence electrons. The zero-order chi connectivity index (χ0) is 13.1. The van der Waals surface area contributed by atoms with E-state index in [-0.39, 0.29) is 18.1 Å². The maximum Gasteiger partial charge on any atom is 0.410 e. The third-order valence-corrected chi connectivity index (χ3v) is 3.11. The monoisotopic (exact) mass is 241 g/mol. The lowest BCUT2D eigenvalue weighted by atomic mass is 9.86.